The van der Waals surface area contributed by atoms with Gasteiger partial charge in [-0.1, -0.05) is 96.4 Å². The van der Waals surface area contributed by atoms with Gasteiger partial charge in [0.05, 0.1) is 11.1 Å². The monoisotopic (exact) mass is 492 g/mol. The van der Waals surface area contributed by atoms with Crippen LogP contribution in [0.3, 0.4) is 0 Å². The third-order valence-electron chi connectivity index (χ3n) is 5.44. The van der Waals surface area contributed by atoms with Gasteiger partial charge in [0.2, 0.25) is 0 Å². The summed E-state index contributed by atoms with van der Waals surface area (Å²) in [5.41, 5.74) is 7.97. The molecule has 0 nitrogen and oxygen atoms in total. The molecule has 0 aliphatic carbocycles. The van der Waals surface area contributed by atoms with E-state index in [9.17, 15) is 26.3 Å². The third-order valence-corrected chi connectivity index (χ3v) is 5.44. The van der Waals surface area contributed by atoms with E-state index < -0.39 is 23.5 Å². The molecule has 0 bridgehead atoms. The Morgan fingerprint density at radius 1 is 0.389 bits per heavy atom. The fourth-order valence-electron chi connectivity index (χ4n) is 3.61. The number of alkyl halides is 6. The predicted octanol–water partition coefficient (Wildman–Crippen LogP) is 9.04. The Kier molecular flexibility index (Phi) is 7.03. The van der Waals surface area contributed by atoms with E-state index in [4.69, 9.17) is 0 Å². The highest BCUT2D eigenvalue weighted by Gasteiger charge is 2.30. The smallest absolute Gasteiger partial charge is 0.166 e. The molecule has 6 heteroatoms. The fourth-order valence-corrected chi connectivity index (χ4v) is 3.61. The molecule has 4 rings (SSSR count). The maximum Gasteiger partial charge on any atom is 0.416 e. The van der Waals surface area contributed by atoms with Crippen LogP contribution in [0.4, 0.5) is 26.3 Å². The topological polar surface area (TPSA) is 0 Å². The van der Waals surface area contributed by atoms with E-state index in [-0.39, 0.29) is 0 Å². The summed E-state index contributed by atoms with van der Waals surface area (Å²) in [7, 11) is 0. The summed E-state index contributed by atoms with van der Waals surface area (Å²) in [5, 5.41) is 0. The molecule has 4 aromatic rings. The van der Waals surface area contributed by atoms with Gasteiger partial charge in [0.15, 0.2) is 0 Å². The van der Waals surface area contributed by atoms with E-state index in [0.29, 0.717) is 33.4 Å². The quantitative estimate of drug-likeness (QED) is 0.197. The normalized spacial score (nSPS) is 11.4. The van der Waals surface area contributed by atoms with Crippen LogP contribution in [0.25, 0.3) is 11.1 Å². The highest BCUT2D eigenvalue weighted by Crippen LogP contribution is 2.33. The van der Waals surface area contributed by atoms with Crippen LogP contribution in [0, 0.1) is 0 Å². The Hall–Kier alpha value is -4.24. The Morgan fingerprint density at radius 2 is 0.667 bits per heavy atom. The molecule has 4 aromatic carbocycles. The minimum atomic E-state index is -4.46. The Bertz CT molecular complexity index is 1300. The maximum atomic E-state index is 13.1. The van der Waals surface area contributed by atoms with Crippen molar-refractivity contribution in [3.8, 4) is 0 Å². The van der Waals surface area contributed by atoms with E-state index in [1.165, 1.54) is 24.3 Å². The summed E-state index contributed by atoms with van der Waals surface area (Å²) in [6, 6.07) is 27.4. The van der Waals surface area contributed by atoms with Crippen molar-refractivity contribution in [2.24, 2.45) is 0 Å². The highest BCUT2D eigenvalue weighted by atomic mass is 19.4. The van der Waals surface area contributed by atoms with Crippen molar-refractivity contribution in [3.05, 3.63) is 154 Å². The molecule has 0 saturated heterocycles. The molecule has 0 heterocycles. The summed E-state index contributed by atoms with van der Waals surface area (Å²) >= 11 is 0. The zero-order chi connectivity index (χ0) is 25.8. The van der Waals surface area contributed by atoms with Gasteiger partial charge in [-0.05, 0) is 46.5 Å². The standard InChI is InChI=1S/C30H18F6/c31-29(32,33)25-15-11-23(12-16-25)27(21-7-3-1-4-8-21)19-20-28(22-9-5-2-6-10-22)24-13-17-26(18-14-24)30(34,35)36/h1-18H. The number of hydrogen-bond acceptors (Lipinski definition) is 0. The van der Waals surface area contributed by atoms with Gasteiger partial charge < -0.3 is 0 Å². The van der Waals surface area contributed by atoms with Gasteiger partial charge >= 0.3 is 12.4 Å². The van der Waals surface area contributed by atoms with E-state index in [2.05, 4.69) is 11.5 Å². The van der Waals surface area contributed by atoms with E-state index in [1.807, 2.05) is 12.1 Å². The van der Waals surface area contributed by atoms with Crippen LogP contribution in [0.1, 0.15) is 33.4 Å². The molecule has 0 aromatic heterocycles. The lowest BCUT2D eigenvalue weighted by Crippen LogP contribution is -2.04. The lowest BCUT2D eigenvalue weighted by molar-refractivity contribution is -0.138. The number of rotatable bonds is 4. The van der Waals surface area contributed by atoms with Gasteiger partial charge in [0, 0.05) is 11.1 Å². The van der Waals surface area contributed by atoms with Crippen molar-refractivity contribution in [3.63, 3.8) is 0 Å². The summed E-state index contributed by atoms with van der Waals surface area (Å²) in [4.78, 5) is 0. The van der Waals surface area contributed by atoms with Crippen LogP contribution >= 0.6 is 0 Å². The van der Waals surface area contributed by atoms with Crippen molar-refractivity contribution in [1.82, 2.24) is 0 Å². The average molecular weight is 492 g/mol. The van der Waals surface area contributed by atoms with Crippen molar-refractivity contribution in [1.29, 1.82) is 0 Å². The van der Waals surface area contributed by atoms with Gasteiger partial charge in [0.25, 0.3) is 0 Å². The molecule has 0 aliphatic heterocycles. The fraction of sp³-hybridized carbons (Fsp3) is 0.0667. The SMILES string of the molecule is FC(F)(F)c1ccc(C(=C=C=C(c2ccccc2)c2ccc(C(F)(F)F)cc2)c2ccccc2)cc1. The van der Waals surface area contributed by atoms with Crippen molar-refractivity contribution < 1.29 is 26.3 Å². The molecule has 0 N–H and O–H groups in total. The second kappa shape index (κ2) is 10.2. The van der Waals surface area contributed by atoms with E-state index in [0.717, 1.165) is 24.3 Å². The molecular formula is C30H18F6. The van der Waals surface area contributed by atoms with Crippen LogP contribution in [0.15, 0.2) is 121 Å². The molecule has 0 fully saturated rings. The Balaban J connectivity index is 1.95. The van der Waals surface area contributed by atoms with E-state index >= 15 is 0 Å². The lowest BCUT2D eigenvalue weighted by Gasteiger charge is -2.10. The van der Waals surface area contributed by atoms with Crippen LogP contribution < -0.4 is 0 Å². The lowest BCUT2D eigenvalue weighted by atomic mass is 9.95. The zero-order valence-electron chi connectivity index (χ0n) is 18.7. The molecule has 0 radical (unpaired) electrons. The number of benzene rings is 4. The predicted molar refractivity (Wildman–Crippen MR) is 128 cm³/mol. The minimum absolute atomic E-state index is 0.488. The summed E-state index contributed by atoms with van der Waals surface area (Å²) in [6.07, 6.45) is -8.93. The summed E-state index contributed by atoms with van der Waals surface area (Å²) in [6.45, 7) is 0. The Morgan fingerprint density at radius 3 is 0.944 bits per heavy atom. The van der Waals surface area contributed by atoms with E-state index in [1.54, 1.807) is 48.5 Å². The number of halogens is 6. The minimum Gasteiger partial charge on any atom is -0.166 e. The molecule has 0 saturated carbocycles. The first-order chi connectivity index (χ1) is 17.1. The van der Waals surface area contributed by atoms with Crippen LogP contribution in [-0.4, -0.2) is 0 Å². The molecule has 0 atom stereocenters. The van der Waals surface area contributed by atoms with Crippen molar-refractivity contribution in [2.75, 3.05) is 0 Å². The second-order valence-corrected chi connectivity index (χ2v) is 7.88. The molecule has 180 valence electrons. The average Bonchev–Trinajstić information content (AvgIpc) is 2.87. The first kappa shape index (κ1) is 24.9. The van der Waals surface area contributed by atoms with Gasteiger partial charge in [0.1, 0.15) is 0 Å². The zero-order valence-corrected chi connectivity index (χ0v) is 18.7. The van der Waals surface area contributed by atoms with Gasteiger partial charge in [-0.25, -0.2) is 0 Å². The molecule has 0 spiro atoms. The first-order valence-corrected chi connectivity index (χ1v) is 10.8. The second-order valence-electron chi connectivity index (χ2n) is 7.88. The highest BCUT2D eigenvalue weighted by molar-refractivity contribution is 5.83. The summed E-state index contributed by atoms with van der Waals surface area (Å²) in [5.74, 6) is 0. The van der Waals surface area contributed by atoms with Gasteiger partial charge in [-0.3, -0.25) is 0 Å². The molecule has 36 heavy (non-hydrogen) atoms. The first-order valence-electron chi connectivity index (χ1n) is 10.8. The maximum absolute atomic E-state index is 13.1. The summed E-state index contributed by atoms with van der Waals surface area (Å²) < 4.78 is 78.4. The third kappa shape index (κ3) is 5.87. The molecular weight excluding hydrogens is 474 g/mol. The molecule has 0 amide bonds. The van der Waals surface area contributed by atoms with Crippen LogP contribution in [0.2, 0.25) is 0 Å². The van der Waals surface area contributed by atoms with Crippen LogP contribution in [-0.2, 0) is 12.4 Å². The van der Waals surface area contributed by atoms with Gasteiger partial charge in [-0.15, -0.1) is 0 Å². The van der Waals surface area contributed by atoms with Crippen molar-refractivity contribution >= 4 is 11.1 Å². The molecule has 0 unspecified atom stereocenters. The number of hydrogen-bond donors (Lipinski definition) is 0. The van der Waals surface area contributed by atoms with Crippen molar-refractivity contribution in [2.45, 2.75) is 12.4 Å². The van der Waals surface area contributed by atoms with Gasteiger partial charge in [-0.2, -0.15) is 26.3 Å². The Labute approximate surface area is 204 Å². The largest absolute Gasteiger partial charge is 0.416 e. The van der Waals surface area contributed by atoms with Crippen LogP contribution in [0.5, 0.6) is 0 Å². The molecule has 0 aliphatic rings.